The molecule has 0 saturated heterocycles. The maximum absolute atomic E-state index is 7.65. The minimum atomic E-state index is -0.580. The molecule has 3 heteroatoms. The molecule has 0 saturated carbocycles. The van der Waals surface area contributed by atoms with Crippen molar-refractivity contribution >= 4 is 10.9 Å². The summed E-state index contributed by atoms with van der Waals surface area (Å²) >= 11 is 0. The molecule has 0 atom stereocenters. The van der Waals surface area contributed by atoms with E-state index in [2.05, 4.69) is 114 Å². The highest BCUT2D eigenvalue weighted by Crippen LogP contribution is 2.42. The molecule has 1 aromatic heterocycles. The predicted octanol–water partition coefficient (Wildman–Crippen LogP) is 9.53. The van der Waals surface area contributed by atoms with Gasteiger partial charge in [0.25, 0.3) is 11.9 Å². The fourth-order valence-electron chi connectivity index (χ4n) is 5.55. The lowest BCUT2D eigenvalue weighted by molar-refractivity contribution is -0.662. The third-order valence-corrected chi connectivity index (χ3v) is 8.31. The largest absolute Gasteiger partial charge is 0.306 e. The molecule has 0 fully saturated rings. The summed E-state index contributed by atoms with van der Waals surface area (Å²) in [4.78, 5) is 8.61. The Bertz CT molecular complexity index is 1570. The third kappa shape index (κ3) is 5.22. The molecule has 0 spiro atoms. The minimum Gasteiger partial charge on any atom is -0.306 e. The van der Waals surface area contributed by atoms with Crippen LogP contribution in [0.3, 0.4) is 0 Å². The van der Waals surface area contributed by atoms with Crippen LogP contribution in [0.2, 0.25) is 0 Å². The molecule has 0 aliphatic rings. The molecule has 0 unspecified atom stereocenters. The Morgan fingerprint density at radius 2 is 1.46 bits per heavy atom. The molecule has 0 aliphatic carbocycles. The van der Waals surface area contributed by atoms with Gasteiger partial charge in [-0.2, -0.15) is 0 Å². The normalized spacial score (nSPS) is 12.1. The molecule has 4 rings (SSSR count). The SMILES string of the molecule is [C-]#[N+]C(C)(C)c1ccc2c(-c3cc(-c4c(C(C)C)cc(C(C)C)cc4C(C)C)cc(C)c3C)[n+](C)cnc2c1. The summed E-state index contributed by atoms with van der Waals surface area (Å²) in [5, 5.41) is 1.10. The van der Waals surface area contributed by atoms with Crippen LogP contribution < -0.4 is 4.57 Å². The molecule has 3 nitrogen and oxygen atoms in total. The standard InChI is InChI=1S/C36H44N3/c1-21(2)26-16-30(22(3)4)34(31(17-26)23(5)6)27-15-24(7)25(8)32(18-27)35-29-14-13-28(36(9,10)37-11)19-33(29)38-20-39(35)12/h13-23H,1-10,12H3/q+1. The van der Waals surface area contributed by atoms with Gasteiger partial charge in [-0.05, 0) is 93.7 Å². The molecule has 1 heterocycles. The zero-order valence-corrected chi connectivity index (χ0v) is 25.7. The summed E-state index contributed by atoms with van der Waals surface area (Å²) in [5.41, 5.74) is 13.2. The molecule has 202 valence electrons. The second-order valence-corrected chi connectivity index (χ2v) is 12.6. The highest BCUT2D eigenvalue weighted by atomic mass is 15.0. The Labute approximate surface area is 235 Å². The first-order valence-corrected chi connectivity index (χ1v) is 14.2. The van der Waals surface area contributed by atoms with Gasteiger partial charge in [-0.15, -0.1) is 0 Å². The van der Waals surface area contributed by atoms with Crippen LogP contribution in [-0.2, 0) is 12.6 Å². The molecule has 0 amide bonds. The molecular weight excluding hydrogens is 474 g/mol. The Morgan fingerprint density at radius 1 is 0.846 bits per heavy atom. The van der Waals surface area contributed by atoms with Crippen molar-refractivity contribution in [2.24, 2.45) is 7.05 Å². The van der Waals surface area contributed by atoms with Gasteiger partial charge in [0.05, 0.1) is 12.4 Å². The first-order valence-electron chi connectivity index (χ1n) is 14.2. The fourth-order valence-corrected chi connectivity index (χ4v) is 5.55. The maximum atomic E-state index is 7.65. The van der Waals surface area contributed by atoms with Crippen molar-refractivity contribution in [2.45, 2.75) is 92.5 Å². The lowest BCUT2D eigenvalue weighted by atomic mass is 9.80. The van der Waals surface area contributed by atoms with Crippen molar-refractivity contribution in [3.05, 3.63) is 93.6 Å². The van der Waals surface area contributed by atoms with Crippen molar-refractivity contribution in [1.29, 1.82) is 0 Å². The Balaban J connectivity index is 2.05. The third-order valence-electron chi connectivity index (χ3n) is 8.31. The molecule has 0 radical (unpaired) electrons. The Kier molecular flexibility index (Phi) is 7.72. The maximum Gasteiger partial charge on any atom is 0.287 e. The van der Waals surface area contributed by atoms with Gasteiger partial charge in [0, 0.05) is 31.0 Å². The molecule has 3 aromatic carbocycles. The van der Waals surface area contributed by atoms with E-state index in [0.717, 1.165) is 22.2 Å². The molecule has 39 heavy (non-hydrogen) atoms. The highest BCUT2D eigenvalue weighted by molar-refractivity contribution is 5.93. The smallest absolute Gasteiger partial charge is 0.287 e. The van der Waals surface area contributed by atoms with Crippen molar-refractivity contribution in [3.63, 3.8) is 0 Å². The van der Waals surface area contributed by atoms with Crippen molar-refractivity contribution in [1.82, 2.24) is 4.98 Å². The summed E-state index contributed by atoms with van der Waals surface area (Å²) in [6.07, 6.45) is 1.91. The van der Waals surface area contributed by atoms with E-state index in [0.29, 0.717) is 17.8 Å². The second-order valence-electron chi connectivity index (χ2n) is 12.6. The van der Waals surface area contributed by atoms with Crippen molar-refractivity contribution < 1.29 is 4.57 Å². The lowest BCUT2D eigenvalue weighted by Gasteiger charge is -2.24. The van der Waals surface area contributed by atoms with Gasteiger partial charge in [0.2, 0.25) is 0 Å². The first kappa shape index (κ1) is 28.5. The van der Waals surface area contributed by atoms with Crippen molar-refractivity contribution in [3.8, 4) is 22.4 Å². The van der Waals surface area contributed by atoms with Crippen LogP contribution in [0, 0.1) is 20.4 Å². The Hall–Kier alpha value is -3.51. The number of benzene rings is 3. The van der Waals surface area contributed by atoms with E-state index in [1.165, 1.54) is 44.5 Å². The zero-order valence-electron chi connectivity index (χ0n) is 25.7. The summed E-state index contributed by atoms with van der Waals surface area (Å²) in [6.45, 7) is 29.9. The number of aryl methyl sites for hydroxylation is 2. The van der Waals surface area contributed by atoms with Gasteiger partial charge in [-0.1, -0.05) is 59.7 Å². The second kappa shape index (κ2) is 10.6. The van der Waals surface area contributed by atoms with Crippen LogP contribution in [-0.4, -0.2) is 4.98 Å². The van der Waals surface area contributed by atoms with E-state index in [9.17, 15) is 0 Å². The van der Waals surface area contributed by atoms with Crippen LogP contribution in [0.1, 0.15) is 107 Å². The highest BCUT2D eigenvalue weighted by Gasteiger charge is 2.28. The van der Waals surface area contributed by atoms with Crippen LogP contribution in [0.5, 0.6) is 0 Å². The number of nitrogens with zero attached hydrogens (tertiary/aromatic N) is 3. The summed E-state index contributed by atoms with van der Waals surface area (Å²) in [5.74, 6) is 1.33. The van der Waals surface area contributed by atoms with Crippen LogP contribution in [0.15, 0.2) is 48.8 Å². The van der Waals surface area contributed by atoms with Gasteiger partial charge in [0.1, 0.15) is 5.69 Å². The van der Waals surface area contributed by atoms with E-state index in [1.807, 2.05) is 20.2 Å². The number of fused-ring (bicyclic) bond motifs is 1. The fraction of sp³-hybridized carbons (Fsp3) is 0.417. The molecular formula is C36H44N3+. The van der Waals surface area contributed by atoms with Crippen LogP contribution in [0.4, 0.5) is 0 Å². The predicted molar refractivity (Wildman–Crippen MR) is 165 cm³/mol. The van der Waals surface area contributed by atoms with E-state index in [1.54, 1.807) is 0 Å². The van der Waals surface area contributed by atoms with Gasteiger partial charge in [-0.3, -0.25) is 0 Å². The summed E-state index contributed by atoms with van der Waals surface area (Å²) < 4.78 is 2.14. The van der Waals surface area contributed by atoms with Gasteiger partial charge >= 0.3 is 0 Å². The number of hydrogen-bond acceptors (Lipinski definition) is 1. The monoisotopic (exact) mass is 518 g/mol. The molecule has 0 N–H and O–H groups in total. The van der Waals surface area contributed by atoms with Crippen LogP contribution >= 0.6 is 0 Å². The zero-order chi connectivity index (χ0) is 28.8. The average Bonchev–Trinajstić information content (AvgIpc) is 2.89. The topological polar surface area (TPSA) is 21.1 Å². The quantitative estimate of drug-likeness (QED) is 0.184. The summed E-state index contributed by atoms with van der Waals surface area (Å²) in [7, 11) is 2.08. The van der Waals surface area contributed by atoms with E-state index in [4.69, 9.17) is 11.6 Å². The summed E-state index contributed by atoms with van der Waals surface area (Å²) in [6, 6.07) is 16.0. The van der Waals surface area contributed by atoms with Crippen molar-refractivity contribution in [2.75, 3.05) is 0 Å². The molecule has 0 aliphatic heterocycles. The van der Waals surface area contributed by atoms with Crippen LogP contribution in [0.25, 0.3) is 38.1 Å². The van der Waals surface area contributed by atoms with E-state index >= 15 is 0 Å². The van der Waals surface area contributed by atoms with E-state index in [-0.39, 0.29) is 0 Å². The number of hydrogen-bond donors (Lipinski definition) is 0. The molecule has 4 aromatic rings. The Morgan fingerprint density at radius 3 is 2.00 bits per heavy atom. The lowest BCUT2D eigenvalue weighted by Crippen LogP contribution is -2.32. The number of rotatable bonds is 6. The first-order chi connectivity index (χ1) is 18.3. The van der Waals surface area contributed by atoms with Gasteiger partial charge in [0.15, 0.2) is 5.52 Å². The minimum absolute atomic E-state index is 0.420. The number of aromatic nitrogens is 2. The van der Waals surface area contributed by atoms with Gasteiger partial charge in [-0.25, -0.2) is 11.1 Å². The van der Waals surface area contributed by atoms with E-state index < -0.39 is 5.54 Å². The molecule has 0 bridgehead atoms. The average molecular weight is 519 g/mol. The van der Waals surface area contributed by atoms with Gasteiger partial charge < -0.3 is 4.85 Å².